The fourth-order valence-corrected chi connectivity index (χ4v) is 2.60. The third-order valence-corrected chi connectivity index (χ3v) is 4.00. The van der Waals surface area contributed by atoms with E-state index in [4.69, 9.17) is 0 Å². The number of nitro benzene ring substituents is 1. The maximum atomic E-state index is 12.5. The molecule has 1 heterocycles. The van der Waals surface area contributed by atoms with Gasteiger partial charge in [0.15, 0.2) is 0 Å². The van der Waals surface area contributed by atoms with Gasteiger partial charge in [-0.15, -0.1) is 0 Å². The molecule has 0 radical (unpaired) electrons. The summed E-state index contributed by atoms with van der Waals surface area (Å²) in [5.74, 6) is -1.38. The fourth-order valence-electron chi connectivity index (χ4n) is 2.60. The zero-order valence-electron chi connectivity index (χ0n) is 14.7. The van der Waals surface area contributed by atoms with E-state index in [0.29, 0.717) is 10.9 Å². The first-order valence-corrected chi connectivity index (χ1v) is 8.15. The number of amides is 2. The van der Waals surface area contributed by atoms with Crippen molar-refractivity contribution in [3.63, 3.8) is 0 Å². The number of hydrazine groups is 1. The van der Waals surface area contributed by atoms with Crippen LogP contribution >= 0.6 is 0 Å². The predicted octanol–water partition coefficient (Wildman–Crippen LogP) is 1.07. The summed E-state index contributed by atoms with van der Waals surface area (Å²) in [6.45, 7) is 1.47. The van der Waals surface area contributed by atoms with Crippen molar-refractivity contribution in [3.8, 4) is 0 Å². The Kier molecular flexibility index (Phi) is 5.12. The van der Waals surface area contributed by atoms with Crippen LogP contribution in [-0.2, 0) is 11.3 Å². The number of carbonyl (C=O) groups is 2. The molecule has 0 bridgehead atoms. The molecule has 142 valence electrons. The lowest BCUT2D eigenvalue weighted by atomic mass is 10.1. The van der Waals surface area contributed by atoms with E-state index >= 15 is 0 Å². The monoisotopic (exact) mass is 381 g/mol. The summed E-state index contributed by atoms with van der Waals surface area (Å²) in [7, 11) is 0. The molecular weight excluding hydrogens is 366 g/mol. The summed E-state index contributed by atoms with van der Waals surface area (Å²) >= 11 is 0. The number of nitro groups is 1. The van der Waals surface area contributed by atoms with Gasteiger partial charge in [0.25, 0.3) is 23.1 Å². The molecule has 0 aliphatic heterocycles. The van der Waals surface area contributed by atoms with Gasteiger partial charge in [0, 0.05) is 17.7 Å². The predicted molar refractivity (Wildman–Crippen MR) is 99.4 cm³/mol. The zero-order chi connectivity index (χ0) is 20.3. The Morgan fingerprint density at radius 1 is 1.18 bits per heavy atom. The highest BCUT2D eigenvalue weighted by molar-refractivity contribution is 5.95. The minimum atomic E-state index is -0.725. The van der Waals surface area contributed by atoms with Gasteiger partial charge in [0.05, 0.1) is 22.2 Å². The Morgan fingerprint density at radius 2 is 1.93 bits per heavy atom. The van der Waals surface area contributed by atoms with Crippen LogP contribution in [0.15, 0.2) is 53.6 Å². The average molecular weight is 381 g/mol. The number of carbonyl (C=O) groups excluding carboxylic acids is 2. The number of benzene rings is 2. The number of hydrogen-bond acceptors (Lipinski definition) is 6. The number of hydrogen-bond donors (Lipinski definition) is 2. The van der Waals surface area contributed by atoms with Crippen molar-refractivity contribution in [1.29, 1.82) is 0 Å². The maximum absolute atomic E-state index is 12.5. The zero-order valence-corrected chi connectivity index (χ0v) is 14.7. The summed E-state index contributed by atoms with van der Waals surface area (Å²) in [6, 6.07) is 10.2. The van der Waals surface area contributed by atoms with E-state index in [1.807, 2.05) is 13.0 Å². The normalized spacial score (nSPS) is 10.5. The SMILES string of the molecule is Cc1cccc2c(=O)n(CC(=O)NNC(=O)c3cccc([N+](=O)[O-])c3)cnc12. The molecule has 1 aromatic heterocycles. The lowest BCUT2D eigenvalue weighted by molar-refractivity contribution is -0.384. The van der Waals surface area contributed by atoms with E-state index in [1.165, 1.54) is 24.5 Å². The molecule has 10 heteroatoms. The number of aromatic nitrogens is 2. The Hall–Kier alpha value is -4.08. The Balaban J connectivity index is 1.68. The minimum absolute atomic E-state index is 0.00881. The quantitative estimate of drug-likeness (QED) is 0.512. The van der Waals surface area contributed by atoms with E-state index in [-0.39, 0.29) is 23.4 Å². The van der Waals surface area contributed by atoms with Gasteiger partial charge in [0.1, 0.15) is 6.54 Å². The Morgan fingerprint density at radius 3 is 2.68 bits per heavy atom. The fraction of sp³-hybridized carbons (Fsp3) is 0.111. The molecule has 3 aromatic rings. The molecule has 0 aliphatic rings. The van der Waals surface area contributed by atoms with Crippen molar-refractivity contribution in [1.82, 2.24) is 20.4 Å². The maximum Gasteiger partial charge on any atom is 0.270 e. The van der Waals surface area contributed by atoms with Crippen LogP contribution in [0.25, 0.3) is 10.9 Å². The van der Waals surface area contributed by atoms with Crippen molar-refractivity contribution in [2.75, 3.05) is 0 Å². The first-order valence-electron chi connectivity index (χ1n) is 8.15. The van der Waals surface area contributed by atoms with Gasteiger partial charge in [0.2, 0.25) is 0 Å². The van der Waals surface area contributed by atoms with E-state index in [9.17, 15) is 24.5 Å². The molecular formula is C18H15N5O5. The van der Waals surface area contributed by atoms with E-state index < -0.39 is 16.7 Å². The molecule has 0 fully saturated rings. The van der Waals surface area contributed by atoms with Crippen LogP contribution < -0.4 is 16.4 Å². The Labute approximate surface area is 157 Å². The second-order valence-corrected chi connectivity index (χ2v) is 5.96. The first-order chi connectivity index (χ1) is 13.4. The number of aryl methyl sites for hydroxylation is 1. The van der Waals surface area contributed by atoms with Crippen molar-refractivity contribution in [3.05, 3.63) is 80.4 Å². The smallest absolute Gasteiger partial charge is 0.270 e. The van der Waals surface area contributed by atoms with E-state index in [1.54, 1.807) is 12.1 Å². The van der Waals surface area contributed by atoms with Crippen LogP contribution in [-0.4, -0.2) is 26.3 Å². The number of rotatable bonds is 4. The lowest BCUT2D eigenvalue weighted by Gasteiger charge is -2.09. The second kappa shape index (κ2) is 7.66. The van der Waals surface area contributed by atoms with Crippen molar-refractivity contribution >= 4 is 28.4 Å². The minimum Gasteiger partial charge on any atom is -0.289 e. The molecule has 10 nitrogen and oxygen atoms in total. The van der Waals surface area contributed by atoms with Crippen LogP contribution in [0.4, 0.5) is 5.69 Å². The van der Waals surface area contributed by atoms with Crippen LogP contribution in [0.1, 0.15) is 15.9 Å². The number of nitrogens with one attached hydrogen (secondary N) is 2. The first kappa shape index (κ1) is 18.7. The third kappa shape index (κ3) is 3.85. The molecule has 28 heavy (non-hydrogen) atoms. The molecule has 0 saturated carbocycles. The Bertz CT molecular complexity index is 1150. The number of non-ortho nitro benzene ring substituents is 1. The topological polar surface area (TPSA) is 136 Å². The van der Waals surface area contributed by atoms with Crippen LogP contribution in [0.3, 0.4) is 0 Å². The average Bonchev–Trinajstić information content (AvgIpc) is 2.69. The molecule has 3 rings (SSSR count). The molecule has 0 atom stereocenters. The highest BCUT2D eigenvalue weighted by Gasteiger charge is 2.13. The number of fused-ring (bicyclic) bond motifs is 1. The molecule has 2 N–H and O–H groups in total. The van der Waals surface area contributed by atoms with E-state index in [0.717, 1.165) is 16.2 Å². The summed E-state index contributed by atoms with van der Waals surface area (Å²) < 4.78 is 1.12. The largest absolute Gasteiger partial charge is 0.289 e. The van der Waals surface area contributed by atoms with Gasteiger partial charge >= 0.3 is 0 Å². The van der Waals surface area contributed by atoms with Gasteiger partial charge in [-0.3, -0.25) is 39.9 Å². The third-order valence-electron chi connectivity index (χ3n) is 4.00. The van der Waals surface area contributed by atoms with Gasteiger partial charge in [-0.05, 0) is 24.6 Å². The van der Waals surface area contributed by atoms with Crippen LogP contribution in [0.5, 0.6) is 0 Å². The highest BCUT2D eigenvalue weighted by atomic mass is 16.6. The van der Waals surface area contributed by atoms with Crippen LogP contribution in [0, 0.1) is 17.0 Å². The molecule has 0 saturated heterocycles. The van der Waals surface area contributed by atoms with Crippen molar-refractivity contribution in [2.24, 2.45) is 0 Å². The molecule has 2 amide bonds. The number of para-hydroxylation sites is 1. The highest BCUT2D eigenvalue weighted by Crippen LogP contribution is 2.13. The second-order valence-electron chi connectivity index (χ2n) is 5.96. The van der Waals surface area contributed by atoms with Gasteiger partial charge in [-0.2, -0.15) is 0 Å². The molecule has 0 unspecified atom stereocenters. The summed E-state index contributed by atoms with van der Waals surface area (Å²) in [5, 5.41) is 11.1. The molecule has 0 spiro atoms. The van der Waals surface area contributed by atoms with Crippen molar-refractivity contribution < 1.29 is 14.5 Å². The van der Waals surface area contributed by atoms with Gasteiger partial charge in [-0.25, -0.2) is 4.98 Å². The molecule has 0 aliphatic carbocycles. The number of nitrogens with zero attached hydrogens (tertiary/aromatic N) is 3. The van der Waals surface area contributed by atoms with Crippen LogP contribution in [0.2, 0.25) is 0 Å². The summed E-state index contributed by atoms with van der Waals surface area (Å²) in [6.07, 6.45) is 1.26. The standard InChI is InChI=1S/C18H15N5O5/c1-11-4-2-7-14-16(11)19-10-22(18(14)26)9-15(24)20-21-17(25)12-5-3-6-13(8-12)23(27)28/h2-8,10H,9H2,1H3,(H,20,24)(H,21,25). The lowest BCUT2D eigenvalue weighted by Crippen LogP contribution is -2.44. The van der Waals surface area contributed by atoms with Gasteiger partial charge < -0.3 is 0 Å². The van der Waals surface area contributed by atoms with E-state index in [2.05, 4.69) is 15.8 Å². The van der Waals surface area contributed by atoms with Gasteiger partial charge in [-0.1, -0.05) is 18.2 Å². The summed E-state index contributed by atoms with van der Waals surface area (Å²) in [4.78, 5) is 50.9. The van der Waals surface area contributed by atoms with Crippen molar-refractivity contribution in [2.45, 2.75) is 13.5 Å². The summed E-state index contributed by atoms with van der Waals surface area (Å²) in [5.41, 5.74) is 5.11. The molecule has 2 aromatic carbocycles.